The molecule has 6 nitrogen and oxygen atoms in total. The van der Waals surface area contributed by atoms with Crippen molar-refractivity contribution in [2.24, 2.45) is 0 Å². The van der Waals surface area contributed by atoms with Crippen molar-refractivity contribution in [3.8, 4) is 0 Å². The van der Waals surface area contributed by atoms with Crippen molar-refractivity contribution in [3.05, 3.63) is 40.8 Å². The fourth-order valence-electron chi connectivity index (χ4n) is 1.52. The Morgan fingerprint density at radius 1 is 1.55 bits per heavy atom. The summed E-state index contributed by atoms with van der Waals surface area (Å²) in [7, 11) is 0. The molecular weight excluding hydrogens is 276 g/mol. The zero-order valence-electron chi connectivity index (χ0n) is 10.9. The molecule has 2 rings (SSSR count). The summed E-state index contributed by atoms with van der Waals surface area (Å²) >= 11 is 1.02. The van der Waals surface area contributed by atoms with E-state index in [1.54, 1.807) is 30.6 Å². The minimum absolute atomic E-state index is 0.153. The summed E-state index contributed by atoms with van der Waals surface area (Å²) in [6.07, 6.45) is 6.54. The monoisotopic (exact) mass is 290 g/mol. The van der Waals surface area contributed by atoms with Crippen LogP contribution in [0, 0.1) is 0 Å². The average molecular weight is 290 g/mol. The first-order chi connectivity index (χ1) is 9.69. The number of H-pyrrole nitrogens is 1. The molecule has 2 aromatic heterocycles. The molecule has 0 radical (unpaired) electrons. The maximum absolute atomic E-state index is 11.3. The van der Waals surface area contributed by atoms with Gasteiger partial charge in [-0.25, -0.2) is 9.78 Å². The number of rotatable bonds is 6. The summed E-state index contributed by atoms with van der Waals surface area (Å²) in [6.45, 7) is 2.04. The highest BCUT2D eigenvalue weighted by molar-refractivity contribution is 8.04. The zero-order valence-corrected chi connectivity index (χ0v) is 11.7. The highest BCUT2D eigenvalue weighted by Crippen LogP contribution is 2.25. The van der Waals surface area contributed by atoms with Crippen molar-refractivity contribution >= 4 is 23.8 Å². The van der Waals surface area contributed by atoms with Gasteiger partial charge in [-0.05, 0) is 35.9 Å². The lowest BCUT2D eigenvalue weighted by molar-refractivity contribution is -0.131. The first-order valence-corrected chi connectivity index (χ1v) is 6.95. The third-order valence-electron chi connectivity index (χ3n) is 2.39. The van der Waals surface area contributed by atoms with E-state index < -0.39 is 5.97 Å². The normalized spacial score (nSPS) is 11.6. The van der Waals surface area contributed by atoms with Crippen molar-refractivity contribution < 1.29 is 9.90 Å². The van der Waals surface area contributed by atoms with E-state index in [9.17, 15) is 9.90 Å². The van der Waals surface area contributed by atoms with E-state index in [1.807, 2.05) is 6.92 Å². The number of hydrogen-bond donors (Lipinski definition) is 2. The second-order valence-corrected chi connectivity index (χ2v) is 5.03. The lowest BCUT2D eigenvalue weighted by atomic mass is 10.2. The predicted octanol–water partition coefficient (Wildman–Crippen LogP) is 2.37. The second kappa shape index (κ2) is 6.85. The van der Waals surface area contributed by atoms with Crippen LogP contribution in [0.5, 0.6) is 0 Å². The number of nitrogens with one attached hydrogen (secondary N) is 1. The van der Waals surface area contributed by atoms with Crippen molar-refractivity contribution in [2.75, 3.05) is 0 Å². The van der Waals surface area contributed by atoms with Crippen LogP contribution >= 0.6 is 11.8 Å². The molecule has 2 aromatic rings. The first-order valence-electron chi connectivity index (χ1n) is 6.13. The van der Waals surface area contributed by atoms with Crippen LogP contribution < -0.4 is 0 Å². The molecule has 0 spiro atoms. The number of hydrogen-bond acceptors (Lipinski definition) is 5. The third-order valence-corrected chi connectivity index (χ3v) is 3.27. The SMILES string of the molecule is CCCc1nc(S/C(=C\c2cccnc2)C(=O)O)n[nH]1. The minimum atomic E-state index is -1.01. The van der Waals surface area contributed by atoms with E-state index in [0.29, 0.717) is 5.16 Å². The van der Waals surface area contributed by atoms with Gasteiger partial charge in [-0.1, -0.05) is 13.0 Å². The summed E-state index contributed by atoms with van der Waals surface area (Å²) in [5, 5.41) is 16.4. The van der Waals surface area contributed by atoms with Crippen LogP contribution in [0.15, 0.2) is 34.6 Å². The Balaban J connectivity index is 2.17. The maximum Gasteiger partial charge on any atom is 0.342 e. The Bertz CT molecular complexity index is 610. The predicted molar refractivity (Wildman–Crippen MR) is 76.1 cm³/mol. The summed E-state index contributed by atoms with van der Waals surface area (Å²) in [5.74, 6) is -0.248. The maximum atomic E-state index is 11.3. The molecule has 0 aliphatic heterocycles. The minimum Gasteiger partial charge on any atom is -0.477 e. The number of aromatic nitrogens is 4. The molecule has 0 bridgehead atoms. The molecule has 20 heavy (non-hydrogen) atoms. The van der Waals surface area contributed by atoms with Gasteiger partial charge in [-0.15, -0.1) is 5.10 Å². The second-order valence-electron chi connectivity index (χ2n) is 4.02. The molecule has 0 fully saturated rings. The van der Waals surface area contributed by atoms with Gasteiger partial charge >= 0.3 is 5.97 Å². The Kier molecular flexibility index (Phi) is 4.89. The zero-order chi connectivity index (χ0) is 14.4. The fraction of sp³-hybridized carbons (Fsp3) is 0.231. The lowest BCUT2D eigenvalue weighted by Gasteiger charge is -1.98. The van der Waals surface area contributed by atoms with Gasteiger partial charge in [0.2, 0.25) is 5.16 Å². The number of nitrogens with zero attached hydrogens (tertiary/aromatic N) is 3. The Morgan fingerprint density at radius 3 is 3.05 bits per heavy atom. The third kappa shape index (κ3) is 3.92. The molecule has 0 saturated carbocycles. The molecule has 0 amide bonds. The number of carbonyl (C=O) groups is 1. The van der Waals surface area contributed by atoms with Crippen molar-refractivity contribution in [1.82, 2.24) is 20.2 Å². The topological polar surface area (TPSA) is 91.8 Å². The van der Waals surface area contributed by atoms with Gasteiger partial charge in [0.15, 0.2) is 0 Å². The lowest BCUT2D eigenvalue weighted by Crippen LogP contribution is -1.97. The van der Waals surface area contributed by atoms with Crippen molar-refractivity contribution in [1.29, 1.82) is 0 Å². The van der Waals surface area contributed by atoms with E-state index in [4.69, 9.17) is 0 Å². The van der Waals surface area contributed by atoms with Gasteiger partial charge in [0.05, 0.1) is 0 Å². The Morgan fingerprint density at radius 2 is 2.40 bits per heavy atom. The van der Waals surface area contributed by atoms with Crippen LogP contribution in [0.4, 0.5) is 0 Å². The summed E-state index contributed by atoms with van der Waals surface area (Å²) in [4.78, 5) is 19.6. The first kappa shape index (κ1) is 14.3. The molecule has 104 valence electrons. The highest BCUT2D eigenvalue weighted by Gasteiger charge is 2.13. The van der Waals surface area contributed by atoms with Gasteiger partial charge in [0.25, 0.3) is 0 Å². The van der Waals surface area contributed by atoms with Crippen LogP contribution in [0.3, 0.4) is 0 Å². The van der Waals surface area contributed by atoms with Crippen LogP contribution in [0.25, 0.3) is 6.08 Å². The molecule has 2 heterocycles. The number of pyridine rings is 1. The van der Waals surface area contributed by atoms with E-state index in [1.165, 1.54) is 0 Å². The molecule has 0 saturated heterocycles. The van der Waals surface area contributed by atoms with Crippen LogP contribution in [0.2, 0.25) is 0 Å². The summed E-state index contributed by atoms with van der Waals surface area (Å²) in [5.41, 5.74) is 0.724. The van der Waals surface area contributed by atoms with E-state index >= 15 is 0 Å². The van der Waals surface area contributed by atoms with E-state index in [2.05, 4.69) is 20.2 Å². The molecule has 0 atom stereocenters. The van der Waals surface area contributed by atoms with Gasteiger partial charge < -0.3 is 5.11 Å². The van der Waals surface area contributed by atoms with Crippen LogP contribution in [0.1, 0.15) is 24.7 Å². The number of aromatic amines is 1. The molecule has 2 N–H and O–H groups in total. The molecule has 0 aromatic carbocycles. The number of carboxylic acid groups (broad SMARTS) is 1. The van der Waals surface area contributed by atoms with Crippen molar-refractivity contribution in [3.63, 3.8) is 0 Å². The number of thioether (sulfide) groups is 1. The molecule has 7 heteroatoms. The summed E-state index contributed by atoms with van der Waals surface area (Å²) in [6, 6.07) is 3.54. The number of carboxylic acids is 1. The van der Waals surface area contributed by atoms with E-state index in [0.717, 1.165) is 36.0 Å². The standard InChI is InChI=1S/C13H14N4O2S/c1-2-4-11-15-13(17-16-11)20-10(12(18)19)7-9-5-3-6-14-8-9/h3,5-8H,2,4H2,1H3,(H,18,19)(H,15,16,17)/b10-7-. The van der Waals surface area contributed by atoms with Gasteiger partial charge in [-0.3, -0.25) is 10.1 Å². The quantitative estimate of drug-likeness (QED) is 0.627. The Hall–Kier alpha value is -2.15. The average Bonchev–Trinajstić information content (AvgIpc) is 2.87. The number of aryl methyl sites for hydroxylation is 1. The van der Waals surface area contributed by atoms with Gasteiger partial charge in [0.1, 0.15) is 10.7 Å². The van der Waals surface area contributed by atoms with Gasteiger partial charge in [0, 0.05) is 18.8 Å². The molecular formula is C13H14N4O2S. The highest BCUT2D eigenvalue weighted by atomic mass is 32.2. The van der Waals surface area contributed by atoms with E-state index in [-0.39, 0.29) is 4.91 Å². The fourth-order valence-corrected chi connectivity index (χ4v) is 2.24. The Labute approximate surface area is 120 Å². The smallest absolute Gasteiger partial charge is 0.342 e. The molecule has 0 aliphatic rings. The van der Waals surface area contributed by atoms with Gasteiger partial charge in [-0.2, -0.15) is 0 Å². The summed E-state index contributed by atoms with van der Waals surface area (Å²) < 4.78 is 0. The largest absolute Gasteiger partial charge is 0.477 e. The molecule has 0 unspecified atom stereocenters. The van der Waals surface area contributed by atoms with Crippen LogP contribution in [-0.2, 0) is 11.2 Å². The van der Waals surface area contributed by atoms with Crippen molar-refractivity contribution in [2.45, 2.75) is 24.9 Å². The molecule has 0 aliphatic carbocycles. The number of aliphatic carboxylic acids is 1. The van der Waals surface area contributed by atoms with Crippen LogP contribution in [-0.4, -0.2) is 31.2 Å².